The topological polar surface area (TPSA) is 46.2 Å². The highest BCUT2D eigenvalue weighted by atomic mass is 16.3. The molecule has 0 amide bonds. The fourth-order valence-corrected chi connectivity index (χ4v) is 1.82. The lowest BCUT2D eigenvalue weighted by molar-refractivity contribution is 0.457. The van der Waals surface area contributed by atoms with Crippen molar-refractivity contribution in [3.63, 3.8) is 0 Å². The van der Waals surface area contributed by atoms with Gasteiger partial charge in [0.2, 0.25) is 0 Å². The molecule has 1 aliphatic rings. The summed E-state index contributed by atoms with van der Waals surface area (Å²) in [5, 5.41) is 9.50. The fourth-order valence-electron chi connectivity index (χ4n) is 1.82. The predicted molar refractivity (Wildman–Crippen MR) is 48.1 cm³/mol. The fraction of sp³-hybridized carbons (Fsp3) is 0.400. The molecule has 0 aliphatic heterocycles. The zero-order chi connectivity index (χ0) is 8.55. The van der Waals surface area contributed by atoms with Gasteiger partial charge in [-0.25, -0.2) is 0 Å². The van der Waals surface area contributed by atoms with E-state index in [0.717, 1.165) is 24.8 Å². The lowest BCUT2D eigenvalue weighted by Crippen LogP contribution is -2.27. The Kier molecular flexibility index (Phi) is 1.77. The molecule has 12 heavy (non-hydrogen) atoms. The number of rotatable bonds is 0. The van der Waals surface area contributed by atoms with E-state index < -0.39 is 0 Å². The molecule has 3 N–H and O–H groups in total. The van der Waals surface area contributed by atoms with Gasteiger partial charge in [0.05, 0.1) is 0 Å². The van der Waals surface area contributed by atoms with Crippen LogP contribution in [0.4, 0.5) is 0 Å². The summed E-state index contributed by atoms with van der Waals surface area (Å²) in [5.74, 6) is 0.430. The van der Waals surface area contributed by atoms with Gasteiger partial charge in [0.1, 0.15) is 5.75 Å². The van der Waals surface area contributed by atoms with E-state index in [-0.39, 0.29) is 6.04 Å². The van der Waals surface area contributed by atoms with E-state index in [1.54, 1.807) is 6.07 Å². The van der Waals surface area contributed by atoms with Gasteiger partial charge in [-0.15, -0.1) is 0 Å². The molecule has 1 aromatic carbocycles. The summed E-state index contributed by atoms with van der Waals surface area (Å²) < 4.78 is 0. The van der Waals surface area contributed by atoms with Gasteiger partial charge in [0.15, 0.2) is 0 Å². The molecule has 0 radical (unpaired) electrons. The molecule has 0 spiro atoms. The standard InChI is InChI=1S/C10H13NO/c11-8-4-5-9-7(6-8)2-1-3-10(9)12/h1-3,8,12H,4-6,11H2/t8-/m0/s1. The Morgan fingerprint density at radius 3 is 3.08 bits per heavy atom. The average molecular weight is 163 g/mol. The maximum absolute atomic E-state index is 9.50. The van der Waals surface area contributed by atoms with E-state index in [2.05, 4.69) is 0 Å². The number of nitrogens with two attached hydrogens (primary N) is 1. The van der Waals surface area contributed by atoms with Crippen LogP contribution in [-0.4, -0.2) is 11.1 Å². The number of phenols is 1. The molecule has 1 atom stereocenters. The number of fused-ring (bicyclic) bond motifs is 1. The number of benzene rings is 1. The third kappa shape index (κ3) is 1.18. The SMILES string of the molecule is N[C@H]1CCc2c(O)cccc2C1. The Bertz CT molecular complexity index is 296. The Labute approximate surface area is 72.0 Å². The normalized spacial score (nSPS) is 21.9. The summed E-state index contributed by atoms with van der Waals surface area (Å²) in [6.07, 6.45) is 2.82. The second-order valence-electron chi connectivity index (χ2n) is 3.42. The molecule has 0 fully saturated rings. The monoisotopic (exact) mass is 163 g/mol. The Hall–Kier alpha value is -1.02. The van der Waals surface area contributed by atoms with Crippen LogP contribution in [0.2, 0.25) is 0 Å². The molecule has 2 nitrogen and oxygen atoms in total. The zero-order valence-corrected chi connectivity index (χ0v) is 6.96. The number of hydrogen-bond donors (Lipinski definition) is 2. The highest BCUT2D eigenvalue weighted by molar-refractivity contribution is 5.41. The van der Waals surface area contributed by atoms with Gasteiger partial charge < -0.3 is 10.8 Å². The first-order valence-corrected chi connectivity index (χ1v) is 4.32. The predicted octanol–water partition coefficient (Wildman–Crippen LogP) is 1.21. The van der Waals surface area contributed by atoms with E-state index >= 15 is 0 Å². The highest BCUT2D eigenvalue weighted by Gasteiger charge is 2.17. The van der Waals surface area contributed by atoms with Crippen molar-refractivity contribution in [1.82, 2.24) is 0 Å². The van der Waals surface area contributed by atoms with Crippen LogP contribution in [0.3, 0.4) is 0 Å². The molecule has 0 unspecified atom stereocenters. The van der Waals surface area contributed by atoms with Gasteiger partial charge in [-0.05, 0) is 36.5 Å². The summed E-state index contributed by atoms with van der Waals surface area (Å²) in [6.45, 7) is 0. The highest BCUT2D eigenvalue weighted by Crippen LogP contribution is 2.27. The van der Waals surface area contributed by atoms with Crippen LogP contribution in [0.25, 0.3) is 0 Å². The van der Waals surface area contributed by atoms with Crippen LogP contribution in [-0.2, 0) is 12.8 Å². The minimum atomic E-state index is 0.277. The molecule has 64 valence electrons. The molecule has 1 aliphatic carbocycles. The van der Waals surface area contributed by atoms with Crippen molar-refractivity contribution in [2.45, 2.75) is 25.3 Å². The zero-order valence-electron chi connectivity index (χ0n) is 6.96. The molecule has 0 heterocycles. The summed E-state index contributed by atoms with van der Waals surface area (Å²) in [6, 6.07) is 5.95. The van der Waals surface area contributed by atoms with Gasteiger partial charge in [-0.1, -0.05) is 12.1 Å². The minimum Gasteiger partial charge on any atom is -0.508 e. The average Bonchev–Trinajstić information content (AvgIpc) is 2.04. The molecule has 1 aromatic rings. The number of aromatic hydroxyl groups is 1. The Morgan fingerprint density at radius 2 is 2.25 bits per heavy atom. The van der Waals surface area contributed by atoms with Crippen molar-refractivity contribution in [2.75, 3.05) is 0 Å². The van der Waals surface area contributed by atoms with E-state index in [9.17, 15) is 5.11 Å². The van der Waals surface area contributed by atoms with E-state index in [0.29, 0.717) is 5.75 Å². The van der Waals surface area contributed by atoms with Crippen LogP contribution in [0, 0.1) is 0 Å². The first-order chi connectivity index (χ1) is 5.77. The molecule has 0 bridgehead atoms. The van der Waals surface area contributed by atoms with Crippen molar-refractivity contribution in [3.8, 4) is 5.75 Å². The lowest BCUT2D eigenvalue weighted by Gasteiger charge is -2.21. The van der Waals surface area contributed by atoms with Gasteiger partial charge in [-0.3, -0.25) is 0 Å². The van der Waals surface area contributed by atoms with Crippen LogP contribution < -0.4 is 5.73 Å². The van der Waals surface area contributed by atoms with Crippen molar-refractivity contribution >= 4 is 0 Å². The molecule has 2 rings (SSSR count). The molecular weight excluding hydrogens is 150 g/mol. The second-order valence-corrected chi connectivity index (χ2v) is 3.42. The summed E-state index contributed by atoms with van der Waals surface area (Å²) >= 11 is 0. The van der Waals surface area contributed by atoms with Crippen molar-refractivity contribution < 1.29 is 5.11 Å². The van der Waals surface area contributed by atoms with Gasteiger partial charge in [0.25, 0.3) is 0 Å². The second kappa shape index (κ2) is 2.79. The molecule has 0 aromatic heterocycles. The summed E-state index contributed by atoms with van der Waals surface area (Å²) in [4.78, 5) is 0. The van der Waals surface area contributed by atoms with Gasteiger partial charge in [0, 0.05) is 6.04 Å². The summed E-state index contributed by atoms with van der Waals surface area (Å²) in [7, 11) is 0. The third-order valence-corrected chi connectivity index (χ3v) is 2.50. The number of hydrogen-bond acceptors (Lipinski definition) is 2. The summed E-state index contributed by atoms with van der Waals surface area (Å²) in [5.41, 5.74) is 8.13. The van der Waals surface area contributed by atoms with Gasteiger partial charge >= 0.3 is 0 Å². The van der Waals surface area contributed by atoms with Crippen LogP contribution >= 0.6 is 0 Å². The first-order valence-electron chi connectivity index (χ1n) is 4.32. The van der Waals surface area contributed by atoms with E-state index in [1.807, 2.05) is 12.1 Å². The Balaban J connectivity index is 2.42. The smallest absolute Gasteiger partial charge is 0.119 e. The number of phenolic OH excluding ortho intramolecular Hbond substituents is 1. The maximum atomic E-state index is 9.50. The molecule has 0 saturated carbocycles. The quantitative estimate of drug-likeness (QED) is 0.604. The maximum Gasteiger partial charge on any atom is 0.119 e. The minimum absolute atomic E-state index is 0.277. The lowest BCUT2D eigenvalue weighted by atomic mass is 9.88. The largest absolute Gasteiger partial charge is 0.508 e. The van der Waals surface area contributed by atoms with E-state index in [1.165, 1.54) is 5.56 Å². The van der Waals surface area contributed by atoms with Crippen LogP contribution in [0.5, 0.6) is 5.75 Å². The van der Waals surface area contributed by atoms with Crippen molar-refractivity contribution in [2.24, 2.45) is 5.73 Å². The van der Waals surface area contributed by atoms with Crippen LogP contribution in [0.15, 0.2) is 18.2 Å². The third-order valence-electron chi connectivity index (χ3n) is 2.50. The molecular formula is C10H13NO. The molecule has 2 heteroatoms. The molecule has 0 saturated heterocycles. The van der Waals surface area contributed by atoms with Crippen molar-refractivity contribution in [1.29, 1.82) is 0 Å². The first kappa shape index (κ1) is 7.62. The Morgan fingerprint density at radius 1 is 1.42 bits per heavy atom. The van der Waals surface area contributed by atoms with Crippen LogP contribution in [0.1, 0.15) is 17.5 Å². The van der Waals surface area contributed by atoms with E-state index in [4.69, 9.17) is 5.73 Å². The van der Waals surface area contributed by atoms with Crippen molar-refractivity contribution in [3.05, 3.63) is 29.3 Å². The van der Waals surface area contributed by atoms with Gasteiger partial charge in [-0.2, -0.15) is 0 Å².